The molecule has 6 rings (SSSR count). The van der Waals surface area contributed by atoms with Gasteiger partial charge >= 0.3 is 0 Å². The number of hydrogen-bond acceptors (Lipinski definition) is 3. The Morgan fingerprint density at radius 1 is 1.17 bits per heavy atom. The highest BCUT2D eigenvalue weighted by Crippen LogP contribution is 2.28. The largest absolute Gasteiger partial charge is 0.493 e. The molecule has 152 valence electrons. The Bertz CT molecular complexity index is 1050. The summed E-state index contributed by atoms with van der Waals surface area (Å²) in [4.78, 5) is 15.4. The first kappa shape index (κ1) is 18.5. The van der Waals surface area contributed by atoms with Gasteiger partial charge in [-0.1, -0.05) is 19.9 Å². The summed E-state index contributed by atoms with van der Waals surface area (Å²) in [5.41, 5.74) is 2.85. The van der Waals surface area contributed by atoms with Crippen molar-refractivity contribution >= 4 is 22.3 Å². The first-order valence-corrected chi connectivity index (χ1v) is 10.8. The van der Waals surface area contributed by atoms with Crippen molar-refractivity contribution in [1.82, 2.24) is 14.6 Å². The summed E-state index contributed by atoms with van der Waals surface area (Å²) in [6, 6.07) is 12.6. The number of nitrogens with one attached hydrogen (secondary N) is 1. The summed E-state index contributed by atoms with van der Waals surface area (Å²) in [7, 11) is 0. The van der Waals surface area contributed by atoms with Gasteiger partial charge in [-0.3, -0.25) is 4.79 Å². The Labute approximate surface area is 171 Å². The lowest BCUT2D eigenvalue weighted by atomic mass is 9.84. The molecule has 2 aromatic heterocycles. The van der Waals surface area contributed by atoms with Crippen molar-refractivity contribution in [3.63, 3.8) is 0 Å². The molecule has 1 atom stereocenters. The zero-order valence-electron chi connectivity index (χ0n) is 17.2. The minimum absolute atomic E-state index is 0.0393. The van der Waals surface area contributed by atoms with Gasteiger partial charge in [0, 0.05) is 29.7 Å². The van der Waals surface area contributed by atoms with E-state index in [4.69, 9.17) is 4.74 Å². The summed E-state index contributed by atoms with van der Waals surface area (Å²) >= 11 is 0. The van der Waals surface area contributed by atoms with Gasteiger partial charge in [-0.2, -0.15) is 0 Å². The van der Waals surface area contributed by atoms with E-state index in [1.165, 1.54) is 25.9 Å². The second kappa shape index (κ2) is 7.38. The van der Waals surface area contributed by atoms with E-state index in [0.29, 0.717) is 18.4 Å². The molecule has 29 heavy (non-hydrogen) atoms. The fourth-order valence-corrected chi connectivity index (χ4v) is 4.73. The molecule has 0 radical (unpaired) electrons. The summed E-state index contributed by atoms with van der Waals surface area (Å²) in [6.07, 6.45) is 4.37. The summed E-state index contributed by atoms with van der Waals surface area (Å²) in [5.74, 6) is 2.05. The molecule has 5 heterocycles. The maximum absolute atomic E-state index is 12.9. The SMILES string of the molecule is CC(C)COc1ccc2c(ccc3cc(C(=O)NC4CN5CCC4CC5)cn32)c1. The second-order valence-electron chi connectivity index (χ2n) is 9.00. The van der Waals surface area contributed by atoms with Crippen LogP contribution in [0, 0.1) is 11.8 Å². The number of nitrogens with zero attached hydrogens (tertiary/aromatic N) is 2. The first-order valence-electron chi connectivity index (χ1n) is 10.8. The topological polar surface area (TPSA) is 46.0 Å². The van der Waals surface area contributed by atoms with Gasteiger partial charge < -0.3 is 19.4 Å². The molecule has 3 aliphatic heterocycles. The lowest BCUT2D eigenvalue weighted by Gasteiger charge is -2.44. The predicted octanol–water partition coefficient (Wildman–Crippen LogP) is 3.95. The molecule has 3 saturated heterocycles. The van der Waals surface area contributed by atoms with Gasteiger partial charge in [0.15, 0.2) is 0 Å². The predicted molar refractivity (Wildman–Crippen MR) is 116 cm³/mol. The van der Waals surface area contributed by atoms with E-state index < -0.39 is 0 Å². The van der Waals surface area contributed by atoms with Crippen molar-refractivity contribution < 1.29 is 9.53 Å². The third-order valence-electron chi connectivity index (χ3n) is 6.36. The summed E-state index contributed by atoms with van der Waals surface area (Å²) in [6.45, 7) is 8.36. The van der Waals surface area contributed by atoms with Crippen LogP contribution in [-0.4, -0.2) is 47.5 Å². The van der Waals surface area contributed by atoms with Crippen LogP contribution in [0.4, 0.5) is 0 Å². The zero-order valence-corrected chi connectivity index (χ0v) is 17.2. The fourth-order valence-electron chi connectivity index (χ4n) is 4.73. The van der Waals surface area contributed by atoms with Crippen molar-refractivity contribution in [2.75, 3.05) is 26.2 Å². The standard InChI is InChI=1S/C24H29N3O2/c1-16(2)15-29-21-5-6-23-18(12-21)3-4-20-11-19(13-27(20)23)24(28)25-22-14-26-9-7-17(22)8-10-26/h3-6,11-13,16-17,22H,7-10,14-15H2,1-2H3,(H,25,28). The van der Waals surface area contributed by atoms with Gasteiger partial charge in [-0.25, -0.2) is 0 Å². The molecule has 5 nitrogen and oxygen atoms in total. The minimum Gasteiger partial charge on any atom is -0.493 e. The molecule has 1 amide bonds. The zero-order chi connectivity index (χ0) is 20.0. The number of hydrogen-bond donors (Lipinski definition) is 1. The molecule has 0 spiro atoms. The maximum Gasteiger partial charge on any atom is 0.253 e. The van der Waals surface area contributed by atoms with Crippen molar-refractivity contribution in [2.24, 2.45) is 11.8 Å². The molecule has 0 aliphatic carbocycles. The summed E-state index contributed by atoms with van der Waals surface area (Å²) in [5, 5.41) is 4.41. The number of carbonyl (C=O) groups excluding carboxylic acids is 1. The van der Waals surface area contributed by atoms with E-state index in [9.17, 15) is 4.79 Å². The lowest BCUT2D eigenvalue weighted by Crippen LogP contribution is -2.57. The Kier molecular flexibility index (Phi) is 4.70. The molecule has 0 saturated carbocycles. The number of benzene rings is 1. The molecule has 3 fully saturated rings. The first-order chi connectivity index (χ1) is 14.1. The fraction of sp³-hybridized carbons (Fsp3) is 0.458. The van der Waals surface area contributed by atoms with Crippen molar-refractivity contribution in [1.29, 1.82) is 0 Å². The quantitative estimate of drug-likeness (QED) is 0.716. The highest BCUT2D eigenvalue weighted by Gasteiger charge is 2.35. The number of rotatable bonds is 5. The normalized spacial score (nSPS) is 23.8. The lowest BCUT2D eigenvalue weighted by molar-refractivity contribution is 0.0620. The Hall–Kier alpha value is -2.53. The molecular weight excluding hydrogens is 362 g/mol. The highest BCUT2D eigenvalue weighted by atomic mass is 16.5. The Balaban J connectivity index is 1.39. The van der Waals surface area contributed by atoms with E-state index in [1.54, 1.807) is 0 Å². The van der Waals surface area contributed by atoms with Crippen LogP contribution in [0.2, 0.25) is 0 Å². The molecule has 3 aliphatic rings. The average Bonchev–Trinajstić information content (AvgIpc) is 3.18. The molecule has 1 N–H and O–H groups in total. The minimum atomic E-state index is 0.0393. The third-order valence-corrected chi connectivity index (χ3v) is 6.36. The van der Waals surface area contributed by atoms with Crippen molar-refractivity contribution in [3.05, 3.63) is 48.2 Å². The number of aromatic nitrogens is 1. The monoisotopic (exact) mass is 391 g/mol. The van der Waals surface area contributed by atoms with Crippen LogP contribution in [0.15, 0.2) is 42.6 Å². The van der Waals surface area contributed by atoms with Crippen LogP contribution in [0.3, 0.4) is 0 Å². The third kappa shape index (κ3) is 3.60. The molecule has 1 unspecified atom stereocenters. The van der Waals surface area contributed by atoms with Crippen LogP contribution in [0.1, 0.15) is 37.0 Å². The highest BCUT2D eigenvalue weighted by molar-refractivity contribution is 5.97. The number of ether oxygens (including phenoxy) is 1. The van der Waals surface area contributed by atoms with E-state index in [-0.39, 0.29) is 11.9 Å². The van der Waals surface area contributed by atoms with E-state index in [1.807, 2.05) is 18.3 Å². The van der Waals surface area contributed by atoms with Crippen LogP contribution >= 0.6 is 0 Å². The van der Waals surface area contributed by atoms with Gasteiger partial charge in [-0.05, 0) is 68.1 Å². The van der Waals surface area contributed by atoms with E-state index in [2.05, 4.69) is 52.7 Å². The summed E-state index contributed by atoms with van der Waals surface area (Å²) < 4.78 is 7.97. The molecule has 1 aromatic carbocycles. The smallest absolute Gasteiger partial charge is 0.253 e. The number of carbonyl (C=O) groups is 1. The number of pyridine rings is 1. The number of fused-ring (bicyclic) bond motifs is 6. The second-order valence-corrected chi connectivity index (χ2v) is 9.00. The molecule has 2 bridgehead atoms. The maximum atomic E-state index is 12.9. The van der Waals surface area contributed by atoms with Crippen molar-refractivity contribution in [3.8, 4) is 5.75 Å². The van der Waals surface area contributed by atoms with E-state index >= 15 is 0 Å². The average molecular weight is 392 g/mol. The van der Waals surface area contributed by atoms with Crippen LogP contribution < -0.4 is 10.1 Å². The van der Waals surface area contributed by atoms with Gasteiger partial charge in [0.05, 0.1) is 17.7 Å². The van der Waals surface area contributed by atoms with Gasteiger partial charge in [0.2, 0.25) is 0 Å². The Morgan fingerprint density at radius 3 is 2.72 bits per heavy atom. The van der Waals surface area contributed by atoms with Crippen LogP contribution in [-0.2, 0) is 0 Å². The molecule has 3 aromatic rings. The van der Waals surface area contributed by atoms with Gasteiger partial charge in [-0.15, -0.1) is 0 Å². The van der Waals surface area contributed by atoms with E-state index in [0.717, 1.165) is 34.3 Å². The van der Waals surface area contributed by atoms with Gasteiger partial charge in [0.25, 0.3) is 5.91 Å². The van der Waals surface area contributed by atoms with Crippen LogP contribution in [0.5, 0.6) is 5.75 Å². The van der Waals surface area contributed by atoms with Gasteiger partial charge in [0.1, 0.15) is 5.75 Å². The number of amides is 1. The number of piperidine rings is 3. The van der Waals surface area contributed by atoms with Crippen LogP contribution in [0.25, 0.3) is 16.4 Å². The molecular formula is C24H29N3O2. The van der Waals surface area contributed by atoms with Crippen molar-refractivity contribution in [2.45, 2.75) is 32.7 Å². The Morgan fingerprint density at radius 2 is 2.00 bits per heavy atom. The molecule has 5 heteroatoms.